The summed E-state index contributed by atoms with van der Waals surface area (Å²) in [6.45, 7) is 0.413. The summed E-state index contributed by atoms with van der Waals surface area (Å²) in [6, 6.07) is 0.974. The first-order valence-electron chi connectivity index (χ1n) is 4.05. The summed E-state index contributed by atoms with van der Waals surface area (Å²) >= 11 is 11.8. The van der Waals surface area contributed by atoms with E-state index in [0.29, 0.717) is 6.61 Å². The molecule has 0 saturated carbocycles. The Morgan fingerprint density at radius 3 is 2.09 bits per heavy atom. The minimum atomic E-state index is -1.84. The van der Waals surface area contributed by atoms with E-state index in [1.807, 2.05) is 6.55 Å². The summed E-state index contributed by atoms with van der Waals surface area (Å²) in [6.07, 6.45) is 4.25. The number of aliphatic hydroxyl groups is 1. The summed E-state index contributed by atoms with van der Waals surface area (Å²) in [4.78, 5) is 0. The summed E-state index contributed by atoms with van der Waals surface area (Å²) < 4.78 is 0. The molecule has 0 saturated heterocycles. The highest BCUT2D eigenvalue weighted by molar-refractivity contribution is 7.44. The van der Waals surface area contributed by atoms with Crippen molar-refractivity contribution in [3.63, 3.8) is 0 Å². The lowest BCUT2D eigenvalue weighted by atomic mass is 10.2. The second-order valence-electron chi connectivity index (χ2n) is 2.96. The quantitative estimate of drug-likeness (QED) is 0.410. The maximum Gasteiger partial charge on any atom is 0.248 e. The highest BCUT2D eigenvalue weighted by atomic mass is 35.7. The number of halogens is 2. The molecule has 0 bridgehead atoms. The normalized spacial score (nSPS) is 12.0. The van der Waals surface area contributed by atoms with Gasteiger partial charge in [-0.1, -0.05) is 19.3 Å². The van der Waals surface area contributed by atoms with Gasteiger partial charge in [-0.05, 0) is 19.0 Å². The molecule has 0 aromatic heterocycles. The summed E-state index contributed by atoms with van der Waals surface area (Å²) in [5.41, 5.74) is 0. The van der Waals surface area contributed by atoms with Crippen LogP contribution in [0.5, 0.6) is 0 Å². The van der Waals surface area contributed by atoms with Crippen molar-refractivity contribution in [3.05, 3.63) is 0 Å². The average Bonchev–Trinajstić information content (AvgIpc) is 1.85. The highest BCUT2D eigenvalue weighted by Gasteiger charge is 2.19. The fraction of sp³-hybridized carbons (Fsp3) is 1.00. The number of hydrogen-bond donors (Lipinski definition) is 1. The monoisotopic (exact) mass is 214 g/mol. The molecule has 1 N–H and O–H groups in total. The third-order valence-electron chi connectivity index (χ3n) is 1.52. The van der Waals surface area contributed by atoms with Gasteiger partial charge in [-0.25, -0.2) is 0 Å². The van der Waals surface area contributed by atoms with Crippen LogP contribution in [0.25, 0.3) is 0 Å². The van der Waals surface area contributed by atoms with Crippen molar-refractivity contribution in [1.29, 1.82) is 0 Å². The topological polar surface area (TPSA) is 20.2 Å². The Hall–Kier alpha value is 0.757. The zero-order chi connectivity index (χ0) is 8.74. The van der Waals surface area contributed by atoms with Gasteiger partial charge in [-0.15, -0.1) is 22.2 Å². The van der Waals surface area contributed by atoms with E-state index in [-0.39, 0.29) is 0 Å². The zero-order valence-electron chi connectivity index (χ0n) is 6.95. The van der Waals surface area contributed by atoms with E-state index in [1.54, 1.807) is 0 Å². The largest absolute Gasteiger partial charge is 0.396 e. The molecule has 0 rings (SSSR count). The number of hydrogen-bond acceptors (Lipinski definition) is 1. The van der Waals surface area contributed by atoms with Crippen LogP contribution in [0, 0.1) is 0 Å². The molecule has 0 aromatic carbocycles. The van der Waals surface area contributed by atoms with Gasteiger partial charge in [0.05, 0.1) is 0 Å². The predicted molar refractivity (Wildman–Crippen MR) is 53.7 cm³/mol. The molecule has 0 aliphatic carbocycles. The second kappa shape index (κ2) is 6.29. The van der Waals surface area contributed by atoms with Crippen LogP contribution in [0.2, 0.25) is 12.6 Å². The standard InChI is InChI=1S/C7H16Cl2OSi/c1-11(8,9)7-5-3-2-4-6-10/h10H,2-7H2,1H3. The first kappa shape index (κ1) is 11.8. The molecule has 0 aromatic rings. The van der Waals surface area contributed by atoms with Gasteiger partial charge >= 0.3 is 0 Å². The summed E-state index contributed by atoms with van der Waals surface area (Å²) in [5, 5.41) is 8.48. The zero-order valence-corrected chi connectivity index (χ0v) is 9.46. The van der Waals surface area contributed by atoms with Gasteiger partial charge in [0.15, 0.2) is 0 Å². The number of aliphatic hydroxyl groups excluding tert-OH is 1. The second-order valence-corrected chi connectivity index (χ2v) is 11.2. The molecular formula is C7H16Cl2OSi. The Morgan fingerprint density at radius 2 is 1.64 bits per heavy atom. The Bertz CT molecular complexity index is 92.9. The van der Waals surface area contributed by atoms with E-state index in [1.165, 1.54) is 0 Å². The lowest BCUT2D eigenvalue weighted by molar-refractivity contribution is 0.283. The molecule has 1 nitrogen and oxygen atoms in total. The number of rotatable bonds is 6. The molecule has 4 heteroatoms. The van der Waals surface area contributed by atoms with Gasteiger partial charge in [0, 0.05) is 6.61 Å². The molecule has 0 amide bonds. The SMILES string of the molecule is C[Si](Cl)(Cl)CCCCCCO. The van der Waals surface area contributed by atoms with Crippen molar-refractivity contribution < 1.29 is 5.11 Å². The van der Waals surface area contributed by atoms with E-state index >= 15 is 0 Å². The number of unbranched alkanes of at least 4 members (excludes halogenated alkanes) is 3. The molecule has 0 atom stereocenters. The maximum absolute atomic E-state index is 8.48. The van der Waals surface area contributed by atoms with Crippen LogP contribution in [0.1, 0.15) is 25.7 Å². The van der Waals surface area contributed by atoms with Crippen LogP contribution in [0.15, 0.2) is 0 Å². The molecular weight excluding hydrogens is 199 g/mol. The van der Waals surface area contributed by atoms with Crippen molar-refractivity contribution in [2.75, 3.05) is 6.61 Å². The van der Waals surface area contributed by atoms with E-state index in [4.69, 9.17) is 27.3 Å². The van der Waals surface area contributed by atoms with Crippen LogP contribution in [-0.4, -0.2) is 18.4 Å². The molecule has 11 heavy (non-hydrogen) atoms. The van der Waals surface area contributed by atoms with Crippen molar-refractivity contribution >= 4 is 28.9 Å². The van der Waals surface area contributed by atoms with Crippen molar-refractivity contribution in [2.45, 2.75) is 38.3 Å². The van der Waals surface area contributed by atoms with Crippen molar-refractivity contribution in [1.82, 2.24) is 0 Å². The first-order chi connectivity index (χ1) is 5.06. The third-order valence-corrected chi connectivity index (χ3v) is 3.89. The van der Waals surface area contributed by atoms with Gasteiger partial charge in [0.25, 0.3) is 0 Å². The van der Waals surface area contributed by atoms with Gasteiger partial charge < -0.3 is 5.11 Å². The molecule has 0 heterocycles. The third kappa shape index (κ3) is 10.8. The molecule has 0 aliphatic heterocycles. The first-order valence-corrected chi connectivity index (χ1v) is 8.78. The highest BCUT2D eigenvalue weighted by Crippen LogP contribution is 2.22. The van der Waals surface area contributed by atoms with E-state index in [0.717, 1.165) is 31.7 Å². The maximum atomic E-state index is 8.48. The van der Waals surface area contributed by atoms with E-state index in [9.17, 15) is 0 Å². The Morgan fingerprint density at radius 1 is 1.09 bits per heavy atom. The minimum Gasteiger partial charge on any atom is -0.396 e. The average molecular weight is 215 g/mol. The van der Waals surface area contributed by atoms with E-state index < -0.39 is 6.69 Å². The summed E-state index contributed by atoms with van der Waals surface area (Å²) in [5.74, 6) is 0. The fourth-order valence-corrected chi connectivity index (χ4v) is 2.57. The fourth-order valence-electron chi connectivity index (χ4n) is 0.901. The molecule has 0 aliphatic rings. The van der Waals surface area contributed by atoms with Crippen molar-refractivity contribution in [2.24, 2.45) is 0 Å². The molecule has 0 spiro atoms. The molecule has 68 valence electrons. The molecule has 0 fully saturated rings. The van der Waals surface area contributed by atoms with Crippen LogP contribution >= 0.6 is 22.2 Å². The molecule has 0 unspecified atom stereocenters. The van der Waals surface area contributed by atoms with Crippen LogP contribution in [0.3, 0.4) is 0 Å². The van der Waals surface area contributed by atoms with Gasteiger partial charge in [0.2, 0.25) is 6.69 Å². The predicted octanol–water partition coefficient (Wildman–Crippen LogP) is 3.09. The lowest BCUT2D eigenvalue weighted by Gasteiger charge is -2.08. The Labute approximate surface area is 79.1 Å². The van der Waals surface area contributed by atoms with Crippen LogP contribution in [-0.2, 0) is 0 Å². The van der Waals surface area contributed by atoms with Crippen LogP contribution in [0.4, 0.5) is 0 Å². The van der Waals surface area contributed by atoms with Crippen LogP contribution < -0.4 is 0 Å². The minimum absolute atomic E-state index is 0.302. The van der Waals surface area contributed by atoms with Crippen molar-refractivity contribution in [3.8, 4) is 0 Å². The van der Waals surface area contributed by atoms with Gasteiger partial charge in [0.1, 0.15) is 0 Å². The Kier molecular flexibility index (Phi) is 6.73. The van der Waals surface area contributed by atoms with Gasteiger partial charge in [-0.2, -0.15) is 0 Å². The van der Waals surface area contributed by atoms with E-state index in [2.05, 4.69) is 0 Å². The molecule has 0 radical (unpaired) electrons. The lowest BCUT2D eigenvalue weighted by Crippen LogP contribution is -2.11. The van der Waals surface area contributed by atoms with Gasteiger partial charge in [-0.3, -0.25) is 0 Å². The summed E-state index contributed by atoms with van der Waals surface area (Å²) in [7, 11) is 0. The smallest absolute Gasteiger partial charge is 0.248 e. The Balaban J connectivity index is 3.02.